The molecule has 0 saturated heterocycles. The molecule has 0 bridgehead atoms. The average Bonchev–Trinajstić information content (AvgIpc) is 2.85. The van der Waals surface area contributed by atoms with E-state index in [0.717, 1.165) is 9.88 Å². The molecule has 0 amide bonds. The second-order valence-corrected chi connectivity index (χ2v) is 6.16. The van der Waals surface area contributed by atoms with E-state index in [1.165, 1.54) is 23.9 Å². The number of aryl methyl sites for hydroxylation is 1. The molecule has 2 rings (SSSR count). The zero-order valence-corrected chi connectivity index (χ0v) is 10.1. The zero-order valence-electron chi connectivity index (χ0n) is 8.47. The number of thiazole rings is 1. The number of nitrogens with one attached hydrogen (secondary N) is 2. The van der Waals surface area contributed by atoms with Crippen LogP contribution in [0.25, 0.3) is 0 Å². The number of rotatable bonds is 4. The van der Waals surface area contributed by atoms with Gasteiger partial charge in [-0.2, -0.15) is 0 Å². The molecule has 0 radical (unpaired) electrons. The van der Waals surface area contributed by atoms with Gasteiger partial charge < -0.3 is 4.98 Å². The number of aromatic amines is 1. The van der Waals surface area contributed by atoms with Crippen molar-refractivity contribution in [3.63, 3.8) is 0 Å². The number of aromatic nitrogens is 3. The van der Waals surface area contributed by atoms with Crippen LogP contribution < -0.4 is 4.72 Å². The molecule has 0 aliphatic rings. The highest BCUT2D eigenvalue weighted by molar-refractivity contribution is 7.89. The van der Waals surface area contributed by atoms with Gasteiger partial charge in [0.15, 0.2) is 5.03 Å². The molecule has 0 unspecified atom stereocenters. The zero-order chi connectivity index (χ0) is 11.6. The molecule has 0 aliphatic carbocycles. The molecule has 2 aromatic heterocycles. The first-order valence-electron chi connectivity index (χ1n) is 4.47. The molecule has 0 fully saturated rings. The number of hydrogen-bond donors (Lipinski definition) is 2. The van der Waals surface area contributed by atoms with E-state index in [2.05, 4.69) is 19.7 Å². The summed E-state index contributed by atoms with van der Waals surface area (Å²) in [5.74, 6) is 0. The quantitative estimate of drug-likeness (QED) is 0.843. The Kier molecular flexibility index (Phi) is 3.03. The Hall–Kier alpha value is -1.25. The normalized spacial score (nSPS) is 11.8. The van der Waals surface area contributed by atoms with Gasteiger partial charge in [-0.1, -0.05) is 0 Å². The highest BCUT2D eigenvalue weighted by Crippen LogP contribution is 2.11. The number of nitrogens with zero attached hydrogens (tertiary/aromatic N) is 2. The van der Waals surface area contributed by atoms with Gasteiger partial charge in [0.25, 0.3) is 10.0 Å². The summed E-state index contributed by atoms with van der Waals surface area (Å²) < 4.78 is 25.8. The summed E-state index contributed by atoms with van der Waals surface area (Å²) in [6.07, 6.45) is 4.29. The molecule has 0 atom stereocenters. The molecule has 0 saturated carbocycles. The number of imidazole rings is 1. The Bertz CT molecular complexity index is 559. The van der Waals surface area contributed by atoms with E-state index in [1.54, 1.807) is 6.20 Å². The molecule has 0 aromatic carbocycles. The second-order valence-electron chi connectivity index (χ2n) is 3.11. The lowest BCUT2D eigenvalue weighted by Crippen LogP contribution is -2.23. The Morgan fingerprint density at radius 1 is 1.50 bits per heavy atom. The summed E-state index contributed by atoms with van der Waals surface area (Å²) in [4.78, 5) is 11.3. The van der Waals surface area contributed by atoms with Crippen LogP contribution >= 0.6 is 11.3 Å². The topological polar surface area (TPSA) is 87.7 Å². The van der Waals surface area contributed by atoms with Gasteiger partial charge in [-0.05, 0) is 6.92 Å². The van der Waals surface area contributed by atoms with Crippen molar-refractivity contribution in [3.05, 3.63) is 28.6 Å². The molecule has 86 valence electrons. The highest BCUT2D eigenvalue weighted by Gasteiger charge is 2.15. The number of H-pyrrole nitrogens is 1. The standard InChI is InChI=1S/C8H10N4O2S2/c1-6-2-10-7(15-6)3-12-16(13,14)8-4-9-5-11-8/h2,4-5,12H,3H2,1H3,(H,9,11). The predicted molar refractivity (Wildman–Crippen MR) is 59.5 cm³/mol. The predicted octanol–water partition coefficient (Wildman–Crippen LogP) is 0.653. The van der Waals surface area contributed by atoms with Crippen molar-refractivity contribution in [2.24, 2.45) is 0 Å². The third-order valence-corrected chi connectivity index (χ3v) is 4.08. The molecule has 0 aliphatic heterocycles. The van der Waals surface area contributed by atoms with Gasteiger partial charge in [-0.25, -0.2) is 23.1 Å². The molecule has 6 nitrogen and oxygen atoms in total. The highest BCUT2D eigenvalue weighted by atomic mass is 32.2. The van der Waals surface area contributed by atoms with Crippen LogP contribution in [0.1, 0.15) is 9.88 Å². The summed E-state index contributed by atoms with van der Waals surface area (Å²) in [5, 5.41) is 0.793. The van der Waals surface area contributed by atoms with Crippen molar-refractivity contribution in [2.75, 3.05) is 0 Å². The number of sulfonamides is 1. The van der Waals surface area contributed by atoms with Gasteiger partial charge in [0.1, 0.15) is 5.01 Å². The van der Waals surface area contributed by atoms with Gasteiger partial charge >= 0.3 is 0 Å². The molecule has 2 aromatic rings. The van der Waals surface area contributed by atoms with E-state index in [-0.39, 0.29) is 11.6 Å². The summed E-state index contributed by atoms with van der Waals surface area (Å²) >= 11 is 1.46. The first kappa shape index (κ1) is 11.2. The van der Waals surface area contributed by atoms with Crippen LogP contribution in [0.4, 0.5) is 0 Å². The van der Waals surface area contributed by atoms with Crippen molar-refractivity contribution < 1.29 is 8.42 Å². The van der Waals surface area contributed by atoms with E-state index in [1.807, 2.05) is 6.92 Å². The molecule has 8 heteroatoms. The fourth-order valence-electron chi connectivity index (χ4n) is 1.11. The first-order valence-corrected chi connectivity index (χ1v) is 6.77. The van der Waals surface area contributed by atoms with Crippen molar-refractivity contribution >= 4 is 21.4 Å². The van der Waals surface area contributed by atoms with Crippen LogP contribution in [0.2, 0.25) is 0 Å². The van der Waals surface area contributed by atoms with Crippen LogP contribution in [-0.2, 0) is 16.6 Å². The minimum atomic E-state index is -3.51. The Morgan fingerprint density at radius 2 is 2.31 bits per heavy atom. The fraction of sp³-hybridized carbons (Fsp3) is 0.250. The maximum atomic E-state index is 11.7. The summed E-state index contributed by atoms with van der Waals surface area (Å²) in [6.45, 7) is 2.12. The van der Waals surface area contributed by atoms with Gasteiger partial charge in [0.05, 0.1) is 19.1 Å². The molecule has 2 N–H and O–H groups in total. The lowest BCUT2D eigenvalue weighted by atomic mass is 10.6. The largest absolute Gasteiger partial charge is 0.335 e. The van der Waals surface area contributed by atoms with Gasteiger partial charge in [-0.15, -0.1) is 11.3 Å². The lowest BCUT2D eigenvalue weighted by molar-refractivity contribution is 0.578. The van der Waals surface area contributed by atoms with E-state index in [0.29, 0.717) is 0 Å². The molecule has 0 spiro atoms. The van der Waals surface area contributed by atoms with Crippen LogP contribution in [-0.4, -0.2) is 23.4 Å². The maximum absolute atomic E-state index is 11.7. The van der Waals surface area contributed by atoms with Crippen LogP contribution in [0.5, 0.6) is 0 Å². The smallest absolute Gasteiger partial charge is 0.257 e. The maximum Gasteiger partial charge on any atom is 0.257 e. The fourth-order valence-corrected chi connectivity index (χ4v) is 2.82. The van der Waals surface area contributed by atoms with Gasteiger partial charge in [-0.3, -0.25) is 0 Å². The van der Waals surface area contributed by atoms with E-state index in [9.17, 15) is 8.42 Å². The van der Waals surface area contributed by atoms with Crippen molar-refractivity contribution in [3.8, 4) is 0 Å². The van der Waals surface area contributed by atoms with Gasteiger partial charge in [0, 0.05) is 11.1 Å². The molecular weight excluding hydrogens is 248 g/mol. The van der Waals surface area contributed by atoms with E-state index >= 15 is 0 Å². The molecular formula is C8H10N4O2S2. The summed E-state index contributed by atoms with van der Waals surface area (Å²) in [5.41, 5.74) is 0. The van der Waals surface area contributed by atoms with Gasteiger partial charge in [0.2, 0.25) is 0 Å². The van der Waals surface area contributed by atoms with Crippen molar-refractivity contribution in [1.29, 1.82) is 0 Å². The SMILES string of the molecule is Cc1cnc(CNS(=O)(=O)c2cnc[nH]2)s1. The Labute approximate surface area is 96.8 Å². The first-order chi connectivity index (χ1) is 7.58. The van der Waals surface area contributed by atoms with E-state index in [4.69, 9.17) is 0 Å². The number of hydrogen-bond acceptors (Lipinski definition) is 5. The Morgan fingerprint density at radius 3 is 2.88 bits per heavy atom. The third-order valence-electron chi connectivity index (χ3n) is 1.85. The average molecular weight is 258 g/mol. The second kappa shape index (κ2) is 4.32. The third kappa shape index (κ3) is 2.46. The monoisotopic (exact) mass is 258 g/mol. The summed E-state index contributed by atoms with van der Waals surface area (Å²) in [6, 6.07) is 0. The van der Waals surface area contributed by atoms with Crippen molar-refractivity contribution in [2.45, 2.75) is 18.5 Å². The van der Waals surface area contributed by atoms with Crippen LogP contribution in [0.15, 0.2) is 23.7 Å². The minimum absolute atomic E-state index is 0.0563. The van der Waals surface area contributed by atoms with Crippen LogP contribution in [0, 0.1) is 6.92 Å². The molecule has 2 heterocycles. The lowest BCUT2D eigenvalue weighted by Gasteiger charge is -2.01. The Balaban J connectivity index is 2.06. The summed E-state index contributed by atoms with van der Waals surface area (Å²) in [7, 11) is -3.51. The van der Waals surface area contributed by atoms with E-state index < -0.39 is 10.0 Å². The van der Waals surface area contributed by atoms with Crippen LogP contribution in [0.3, 0.4) is 0 Å². The van der Waals surface area contributed by atoms with Crippen molar-refractivity contribution in [1.82, 2.24) is 19.7 Å². The minimum Gasteiger partial charge on any atom is -0.335 e. The molecule has 16 heavy (non-hydrogen) atoms.